The second kappa shape index (κ2) is 10.4. The minimum atomic E-state index is -4.70. The minimum Gasteiger partial charge on any atom is -0.598 e. The predicted octanol–water partition coefficient (Wildman–Crippen LogP) is 5.38. The Labute approximate surface area is 215 Å². The summed E-state index contributed by atoms with van der Waals surface area (Å²) in [5, 5.41) is 17.5. The minimum absolute atomic E-state index is 0.135. The molecule has 12 heteroatoms. The van der Waals surface area contributed by atoms with Crippen molar-refractivity contribution >= 4 is 33.8 Å². The van der Waals surface area contributed by atoms with Crippen molar-refractivity contribution in [2.45, 2.75) is 69.5 Å². The van der Waals surface area contributed by atoms with Gasteiger partial charge in [0.2, 0.25) is 0 Å². The first-order valence-electron chi connectivity index (χ1n) is 12.0. The molecule has 1 aliphatic rings. The van der Waals surface area contributed by atoms with Gasteiger partial charge in [0.15, 0.2) is 11.9 Å². The SMILES string of the molecule is CC(C)(C)[S+]([O-])NC(c1cccc(Nc2nn(C3CCCCC3C#N)c3cc[nH]c(=O)c23)c1)C(F)(F)F. The maximum absolute atomic E-state index is 13.9. The zero-order chi connectivity index (χ0) is 27.0. The van der Waals surface area contributed by atoms with Gasteiger partial charge in [0.05, 0.1) is 23.5 Å². The smallest absolute Gasteiger partial charge is 0.412 e. The summed E-state index contributed by atoms with van der Waals surface area (Å²) < 4.78 is 57.3. The van der Waals surface area contributed by atoms with Crippen molar-refractivity contribution in [1.29, 1.82) is 5.26 Å². The van der Waals surface area contributed by atoms with Crippen LogP contribution in [0.3, 0.4) is 0 Å². The first-order chi connectivity index (χ1) is 17.4. The van der Waals surface area contributed by atoms with E-state index in [1.165, 1.54) is 24.4 Å². The van der Waals surface area contributed by atoms with Crippen LogP contribution >= 0.6 is 0 Å². The van der Waals surface area contributed by atoms with Gasteiger partial charge < -0.3 is 14.9 Å². The molecule has 0 aliphatic heterocycles. The maximum Gasteiger partial charge on any atom is 0.412 e. The summed E-state index contributed by atoms with van der Waals surface area (Å²) in [5.41, 5.74) is 0.294. The number of aromatic amines is 1. The average molecular weight is 535 g/mol. The molecule has 4 rings (SSSR count). The molecule has 4 atom stereocenters. The number of nitrogens with one attached hydrogen (secondary N) is 3. The molecule has 1 aliphatic carbocycles. The number of pyridine rings is 1. The highest BCUT2D eigenvalue weighted by Gasteiger charge is 2.45. The van der Waals surface area contributed by atoms with Crippen molar-refractivity contribution in [3.8, 4) is 6.07 Å². The lowest BCUT2D eigenvalue weighted by atomic mass is 9.85. The van der Waals surface area contributed by atoms with Crippen LogP contribution in [0.25, 0.3) is 10.9 Å². The number of rotatable bonds is 6. The third kappa shape index (κ3) is 5.79. The first-order valence-corrected chi connectivity index (χ1v) is 13.2. The summed E-state index contributed by atoms with van der Waals surface area (Å²) in [6, 6.07) is 7.30. The quantitative estimate of drug-likeness (QED) is 0.365. The molecule has 0 radical (unpaired) electrons. The molecule has 37 heavy (non-hydrogen) atoms. The number of halogens is 3. The van der Waals surface area contributed by atoms with Crippen molar-refractivity contribution < 1.29 is 17.7 Å². The van der Waals surface area contributed by atoms with E-state index in [4.69, 9.17) is 0 Å². The van der Waals surface area contributed by atoms with Gasteiger partial charge in [-0.15, -0.1) is 4.72 Å². The fourth-order valence-corrected chi connectivity index (χ4v) is 5.37. The fourth-order valence-electron chi connectivity index (χ4n) is 4.53. The number of anilines is 2. The highest BCUT2D eigenvalue weighted by Crippen LogP contribution is 2.38. The molecular weight excluding hydrogens is 505 g/mol. The molecule has 0 bridgehead atoms. The van der Waals surface area contributed by atoms with Crippen LogP contribution in [-0.4, -0.2) is 30.2 Å². The normalized spacial score (nSPS) is 20.4. The van der Waals surface area contributed by atoms with Crippen LogP contribution in [0.2, 0.25) is 0 Å². The molecule has 3 N–H and O–H groups in total. The lowest BCUT2D eigenvalue weighted by Gasteiger charge is -2.29. The Bertz CT molecular complexity index is 1360. The Morgan fingerprint density at radius 3 is 2.65 bits per heavy atom. The van der Waals surface area contributed by atoms with Crippen LogP contribution < -0.4 is 15.6 Å². The largest absolute Gasteiger partial charge is 0.598 e. The van der Waals surface area contributed by atoms with Gasteiger partial charge in [0, 0.05) is 23.2 Å². The number of nitrogens with zero attached hydrogens (tertiary/aromatic N) is 3. The summed E-state index contributed by atoms with van der Waals surface area (Å²) in [5.74, 6) is -0.0688. The van der Waals surface area contributed by atoms with Crippen molar-refractivity contribution in [3.05, 3.63) is 52.4 Å². The number of aromatic nitrogens is 3. The van der Waals surface area contributed by atoms with Gasteiger partial charge in [-0.25, -0.2) is 0 Å². The molecule has 8 nitrogen and oxygen atoms in total. The molecule has 1 saturated carbocycles. The van der Waals surface area contributed by atoms with Gasteiger partial charge in [-0.05, 0) is 57.4 Å². The van der Waals surface area contributed by atoms with E-state index in [-0.39, 0.29) is 34.4 Å². The highest BCUT2D eigenvalue weighted by atomic mass is 32.2. The molecule has 198 valence electrons. The van der Waals surface area contributed by atoms with E-state index >= 15 is 0 Å². The van der Waals surface area contributed by atoms with Gasteiger partial charge in [0.1, 0.15) is 10.1 Å². The van der Waals surface area contributed by atoms with E-state index in [1.807, 2.05) is 0 Å². The van der Waals surface area contributed by atoms with E-state index in [1.54, 1.807) is 37.6 Å². The van der Waals surface area contributed by atoms with Crippen molar-refractivity contribution in [2.24, 2.45) is 5.92 Å². The molecule has 0 spiro atoms. The third-order valence-corrected chi connectivity index (χ3v) is 7.99. The van der Waals surface area contributed by atoms with E-state index in [0.717, 1.165) is 25.7 Å². The van der Waals surface area contributed by atoms with Crippen molar-refractivity contribution in [3.63, 3.8) is 0 Å². The molecule has 0 saturated heterocycles. The Morgan fingerprint density at radius 1 is 1.24 bits per heavy atom. The topological polar surface area (TPSA) is 122 Å². The summed E-state index contributed by atoms with van der Waals surface area (Å²) in [7, 11) is 0. The van der Waals surface area contributed by atoms with Crippen LogP contribution in [0.5, 0.6) is 0 Å². The maximum atomic E-state index is 13.9. The summed E-state index contributed by atoms with van der Waals surface area (Å²) in [6.45, 7) is 4.76. The first kappa shape index (κ1) is 27.0. The lowest BCUT2D eigenvalue weighted by Crippen LogP contribution is -2.45. The fraction of sp³-hybridized carbons (Fsp3) is 0.480. The Balaban J connectivity index is 1.72. The number of fused-ring (bicyclic) bond motifs is 1. The zero-order valence-corrected chi connectivity index (χ0v) is 21.5. The summed E-state index contributed by atoms with van der Waals surface area (Å²) in [6.07, 6.45) is 0.157. The Kier molecular flexibility index (Phi) is 7.60. The molecule has 1 fully saturated rings. The van der Waals surface area contributed by atoms with Gasteiger partial charge in [-0.2, -0.15) is 23.5 Å². The number of alkyl halides is 3. The number of nitriles is 1. The second-order valence-electron chi connectivity index (χ2n) is 10.2. The predicted molar refractivity (Wildman–Crippen MR) is 137 cm³/mol. The third-order valence-electron chi connectivity index (χ3n) is 6.43. The Hall–Kier alpha value is -3.01. The molecule has 0 amide bonds. The van der Waals surface area contributed by atoms with E-state index in [2.05, 4.69) is 26.2 Å². The van der Waals surface area contributed by atoms with Gasteiger partial charge in [-0.1, -0.05) is 25.0 Å². The highest BCUT2D eigenvalue weighted by molar-refractivity contribution is 7.90. The number of hydrogen-bond acceptors (Lipinski definition) is 6. The standard InChI is InChI=1S/C25H29F3N6O2S/c1-24(2,3)37(36)33-21(25(26,27)28)15-8-6-9-17(13-15)31-22-20-19(11-12-30-23(20)35)34(32-22)18-10-5-4-7-16(18)14-29/h6,8-9,11-13,16,18,21,33H,4-5,7,10H2,1-3H3,(H,30,35)(H,31,32). The molecule has 3 aromatic rings. The number of H-pyrrole nitrogens is 1. The van der Waals surface area contributed by atoms with Crippen molar-refractivity contribution in [2.75, 3.05) is 5.32 Å². The van der Waals surface area contributed by atoms with E-state index in [0.29, 0.717) is 5.52 Å². The van der Waals surface area contributed by atoms with E-state index < -0.39 is 33.9 Å². The van der Waals surface area contributed by atoms with Crippen LogP contribution in [0.4, 0.5) is 24.7 Å². The molecule has 2 heterocycles. The van der Waals surface area contributed by atoms with Crippen LogP contribution in [-0.2, 0) is 11.4 Å². The monoisotopic (exact) mass is 534 g/mol. The molecule has 1 aromatic carbocycles. The van der Waals surface area contributed by atoms with Crippen molar-refractivity contribution in [1.82, 2.24) is 19.5 Å². The summed E-state index contributed by atoms with van der Waals surface area (Å²) in [4.78, 5) is 15.4. The second-order valence-corrected chi connectivity index (χ2v) is 12.2. The molecule has 4 unspecified atom stereocenters. The van der Waals surface area contributed by atoms with Gasteiger partial charge in [-0.3, -0.25) is 9.48 Å². The molecule has 2 aromatic heterocycles. The Morgan fingerprint density at radius 2 is 1.97 bits per heavy atom. The van der Waals surface area contributed by atoms with Gasteiger partial charge >= 0.3 is 6.18 Å². The van der Waals surface area contributed by atoms with E-state index in [9.17, 15) is 27.8 Å². The van der Waals surface area contributed by atoms with Crippen LogP contribution in [0.1, 0.15) is 64.1 Å². The lowest BCUT2D eigenvalue weighted by molar-refractivity contribution is -0.153. The van der Waals surface area contributed by atoms with Gasteiger partial charge in [0.25, 0.3) is 5.56 Å². The zero-order valence-electron chi connectivity index (χ0n) is 20.7. The van der Waals surface area contributed by atoms with Crippen LogP contribution in [0, 0.1) is 17.2 Å². The summed E-state index contributed by atoms with van der Waals surface area (Å²) >= 11 is -1.96. The van der Waals surface area contributed by atoms with Crippen LogP contribution in [0.15, 0.2) is 41.3 Å². The average Bonchev–Trinajstić information content (AvgIpc) is 3.20. The molecular formula is C25H29F3N6O2S. The number of hydrogen-bond donors (Lipinski definition) is 3. The number of benzene rings is 1.